The van der Waals surface area contributed by atoms with Crippen LogP contribution in [0.2, 0.25) is 0 Å². The number of carbonyl (C=O) groups excluding carboxylic acids is 1. The van der Waals surface area contributed by atoms with E-state index in [4.69, 9.17) is 10.5 Å². The van der Waals surface area contributed by atoms with Gasteiger partial charge in [0.15, 0.2) is 0 Å². The largest absolute Gasteiger partial charge is 0.396 e. The lowest BCUT2D eigenvalue weighted by Gasteiger charge is -2.27. The topological polar surface area (TPSA) is 73.4 Å². The van der Waals surface area contributed by atoms with Gasteiger partial charge in [0.1, 0.15) is 5.69 Å². The van der Waals surface area contributed by atoms with Crippen molar-refractivity contribution >= 4 is 11.6 Å². The molecule has 1 aromatic rings. The predicted octanol–water partition coefficient (Wildman–Crippen LogP) is 0.501. The van der Waals surface area contributed by atoms with Crippen LogP contribution in [0.4, 0.5) is 5.69 Å². The number of ether oxygens (including phenoxy) is 1. The van der Waals surface area contributed by atoms with Gasteiger partial charge in [-0.15, -0.1) is 0 Å². The SMILES string of the molecule is CN(CC1CCCOC1)C(=O)c1c(N)cnn1C. The van der Waals surface area contributed by atoms with Gasteiger partial charge in [-0.2, -0.15) is 5.10 Å². The molecule has 1 amide bonds. The zero-order chi connectivity index (χ0) is 13.1. The van der Waals surface area contributed by atoms with Crippen LogP contribution in [0.3, 0.4) is 0 Å². The molecule has 100 valence electrons. The molecule has 1 aromatic heterocycles. The number of anilines is 1. The number of hydrogen-bond donors (Lipinski definition) is 1. The minimum Gasteiger partial charge on any atom is -0.396 e. The number of nitrogen functional groups attached to an aromatic ring is 1. The maximum Gasteiger partial charge on any atom is 0.274 e. The summed E-state index contributed by atoms with van der Waals surface area (Å²) >= 11 is 0. The standard InChI is InChI=1S/C12H20N4O2/c1-15(7-9-4-3-5-18-8-9)12(17)11-10(13)6-14-16(11)2/h6,9H,3-5,7-8,13H2,1-2H3. The molecule has 2 N–H and O–H groups in total. The molecule has 1 aliphatic heterocycles. The van der Waals surface area contributed by atoms with Gasteiger partial charge in [-0.1, -0.05) is 0 Å². The Labute approximate surface area is 107 Å². The van der Waals surface area contributed by atoms with E-state index >= 15 is 0 Å². The quantitative estimate of drug-likeness (QED) is 0.850. The van der Waals surface area contributed by atoms with Crippen molar-refractivity contribution < 1.29 is 9.53 Å². The van der Waals surface area contributed by atoms with E-state index < -0.39 is 0 Å². The second-order valence-electron chi connectivity index (χ2n) is 4.84. The van der Waals surface area contributed by atoms with Crippen LogP contribution >= 0.6 is 0 Å². The van der Waals surface area contributed by atoms with Gasteiger partial charge >= 0.3 is 0 Å². The van der Waals surface area contributed by atoms with Gasteiger partial charge in [0.25, 0.3) is 5.91 Å². The summed E-state index contributed by atoms with van der Waals surface area (Å²) in [5, 5.41) is 3.99. The molecule has 1 aliphatic rings. The summed E-state index contributed by atoms with van der Waals surface area (Å²) in [5.41, 5.74) is 6.64. The number of aromatic nitrogens is 2. The van der Waals surface area contributed by atoms with Crippen molar-refractivity contribution in [3.8, 4) is 0 Å². The highest BCUT2D eigenvalue weighted by molar-refractivity contribution is 5.97. The highest BCUT2D eigenvalue weighted by Crippen LogP contribution is 2.17. The number of nitrogens with zero attached hydrogens (tertiary/aromatic N) is 3. The van der Waals surface area contributed by atoms with Crippen molar-refractivity contribution in [2.75, 3.05) is 32.5 Å². The molecule has 1 fully saturated rings. The van der Waals surface area contributed by atoms with Crippen LogP contribution in [0.1, 0.15) is 23.3 Å². The summed E-state index contributed by atoms with van der Waals surface area (Å²) in [6.07, 6.45) is 3.68. The molecule has 0 bridgehead atoms. The van der Waals surface area contributed by atoms with Crippen LogP contribution in [0.25, 0.3) is 0 Å². The molecule has 6 nitrogen and oxygen atoms in total. The molecule has 2 rings (SSSR count). The number of rotatable bonds is 3. The third kappa shape index (κ3) is 2.64. The van der Waals surface area contributed by atoms with Gasteiger partial charge in [-0.25, -0.2) is 0 Å². The molecular formula is C12H20N4O2. The smallest absolute Gasteiger partial charge is 0.274 e. The molecule has 18 heavy (non-hydrogen) atoms. The fraction of sp³-hybridized carbons (Fsp3) is 0.667. The summed E-state index contributed by atoms with van der Waals surface area (Å²) in [7, 11) is 3.52. The average Bonchev–Trinajstić information content (AvgIpc) is 2.69. The van der Waals surface area contributed by atoms with E-state index in [0.29, 0.717) is 23.8 Å². The lowest BCUT2D eigenvalue weighted by atomic mass is 10.0. The number of aryl methyl sites for hydroxylation is 1. The molecular weight excluding hydrogens is 232 g/mol. The fourth-order valence-electron chi connectivity index (χ4n) is 2.32. The number of hydrogen-bond acceptors (Lipinski definition) is 4. The van der Waals surface area contributed by atoms with Gasteiger partial charge in [0.2, 0.25) is 0 Å². The number of nitrogens with two attached hydrogens (primary N) is 1. The van der Waals surface area contributed by atoms with Gasteiger partial charge in [-0.3, -0.25) is 9.48 Å². The molecule has 0 saturated carbocycles. The highest BCUT2D eigenvalue weighted by Gasteiger charge is 2.23. The maximum atomic E-state index is 12.3. The van der Waals surface area contributed by atoms with Crippen LogP contribution < -0.4 is 5.73 Å². The average molecular weight is 252 g/mol. The molecule has 0 radical (unpaired) electrons. The van der Waals surface area contributed by atoms with E-state index in [2.05, 4.69) is 5.10 Å². The first-order valence-corrected chi connectivity index (χ1v) is 6.20. The molecule has 1 saturated heterocycles. The van der Waals surface area contributed by atoms with E-state index in [-0.39, 0.29) is 5.91 Å². The summed E-state index contributed by atoms with van der Waals surface area (Å²) in [6.45, 7) is 2.27. The van der Waals surface area contributed by atoms with Crippen LogP contribution in [0.5, 0.6) is 0 Å². The summed E-state index contributed by atoms with van der Waals surface area (Å²) in [6, 6.07) is 0. The number of amides is 1. The Morgan fingerprint density at radius 3 is 3.06 bits per heavy atom. The Hall–Kier alpha value is -1.56. The first kappa shape index (κ1) is 12.9. The zero-order valence-corrected chi connectivity index (χ0v) is 10.9. The third-order valence-electron chi connectivity index (χ3n) is 3.30. The molecule has 2 heterocycles. The minimum atomic E-state index is -0.0851. The van der Waals surface area contributed by atoms with E-state index in [0.717, 1.165) is 26.1 Å². The van der Waals surface area contributed by atoms with Crippen molar-refractivity contribution in [2.45, 2.75) is 12.8 Å². The molecule has 0 aliphatic carbocycles. The lowest BCUT2D eigenvalue weighted by molar-refractivity contribution is 0.0385. The Morgan fingerprint density at radius 2 is 2.50 bits per heavy atom. The molecule has 1 unspecified atom stereocenters. The maximum absolute atomic E-state index is 12.3. The Bertz CT molecular complexity index is 404. The Morgan fingerprint density at radius 1 is 1.72 bits per heavy atom. The van der Waals surface area contributed by atoms with E-state index in [1.165, 1.54) is 10.9 Å². The van der Waals surface area contributed by atoms with Crippen molar-refractivity contribution in [1.82, 2.24) is 14.7 Å². The Balaban J connectivity index is 2.00. The Kier molecular flexibility index (Phi) is 3.86. The van der Waals surface area contributed by atoms with Crippen molar-refractivity contribution in [2.24, 2.45) is 13.0 Å². The summed E-state index contributed by atoms with van der Waals surface area (Å²) in [4.78, 5) is 14.0. The first-order chi connectivity index (χ1) is 8.59. The number of carbonyl (C=O) groups is 1. The van der Waals surface area contributed by atoms with Crippen molar-refractivity contribution in [1.29, 1.82) is 0 Å². The summed E-state index contributed by atoms with van der Waals surface area (Å²) in [5.74, 6) is 0.334. The van der Waals surface area contributed by atoms with Gasteiger partial charge < -0.3 is 15.4 Å². The van der Waals surface area contributed by atoms with Gasteiger partial charge in [0, 0.05) is 27.2 Å². The molecule has 6 heteroatoms. The van der Waals surface area contributed by atoms with Crippen molar-refractivity contribution in [3.05, 3.63) is 11.9 Å². The van der Waals surface area contributed by atoms with E-state index in [1.54, 1.807) is 19.0 Å². The second-order valence-corrected chi connectivity index (χ2v) is 4.84. The third-order valence-corrected chi connectivity index (χ3v) is 3.30. The summed E-state index contributed by atoms with van der Waals surface area (Å²) < 4.78 is 6.94. The molecule has 1 atom stereocenters. The second kappa shape index (κ2) is 5.39. The molecule has 0 spiro atoms. The van der Waals surface area contributed by atoms with Crippen LogP contribution in [-0.2, 0) is 11.8 Å². The van der Waals surface area contributed by atoms with Crippen molar-refractivity contribution in [3.63, 3.8) is 0 Å². The lowest BCUT2D eigenvalue weighted by Crippen LogP contribution is -2.36. The van der Waals surface area contributed by atoms with Crippen LogP contribution in [-0.4, -0.2) is 47.4 Å². The van der Waals surface area contributed by atoms with E-state index in [1.807, 2.05) is 0 Å². The van der Waals surface area contributed by atoms with Gasteiger partial charge in [0.05, 0.1) is 18.5 Å². The minimum absolute atomic E-state index is 0.0851. The molecule has 0 aromatic carbocycles. The predicted molar refractivity (Wildman–Crippen MR) is 68.1 cm³/mol. The fourth-order valence-corrected chi connectivity index (χ4v) is 2.32. The monoisotopic (exact) mass is 252 g/mol. The normalized spacial score (nSPS) is 19.8. The van der Waals surface area contributed by atoms with Crippen LogP contribution in [0, 0.1) is 5.92 Å². The first-order valence-electron chi connectivity index (χ1n) is 6.20. The van der Waals surface area contributed by atoms with Gasteiger partial charge in [-0.05, 0) is 18.8 Å². The van der Waals surface area contributed by atoms with E-state index in [9.17, 15) is 4.79 Å². The zero-order valence-electron chi connectivity index (χ0n) is 10.9. The highest BCUT2D eigenvalue weighted by atomic mass is 16.5. The van der Waals surface area contributed by atoms with Crippen LogP contribution in [0.15, 0.2) is 6.20 Å².